The molecule has 1 rings (SSSR count). The number of alkyl halides is 1. The normalized spacial score (nSPS) is 12.2. The minimum Gasteiger partial charge on any atom is -0.496 e. The molecule has 3 N–H and O–H groups in total. The fraction of sp³-hybridized carbons (Fsp3) is 0.417. The second kappa shape index (κ2) is 6.20. The van der Waals surface area contributed by atoms with Crippen LogP contribution in [0.4, 0.5) is 4.39 Å². The van der Waals surface area contributed by atoms with Gasteiger partial charge >= 0.3 is 5.97 Å². The zero-order valence-electron chi connectivity index (χ0n) is 9.65. The molecule has 0 bridgehead atoms. The van der Waals surface area contributed by atoms with Crippen LogP contribution in [-0.4, -0.2) is 30.9 Å². The Kier molecular flexibility index (Phi) is 4.90. The molecular formula is C12H16FNO3. The number of nitrogens with two attached hydrogens (primary N) is 1. The molecule has 0 aliphatic heterocycles. The van der Waals surface area contributed by atoms with Crippen molar-refractivity contribution < 1.29 is 19.0 Å². The van der Waals surface area contributed by atoms with Crippen molar-refractivity contribution in [2.75, 3.05) is 13.8 Å². The first-order valence-electron chi connectivity index (χ1n) is 5.28. The van der Waals surface area contributed by atoms with Gasteiger partial charge in [-0.1, -0.05) is 12.1 Å². The van der Waals surface area contributed by atoms with E-state index in [1.165, 1.54) is 7.11 Å². The van der Waals surface area contributed by atoms with Crippen LogP contribution in [0.5, 0.6) is 5.75 Å². The van der Waals surface area contributed by atoms with Gasteiger partial charge in [-0.15, -0.1) is 0 Å². The fourth-order valence-electron chi connectivity index (χ4n) is 1.60. The first kappa shape index (κ1) is 13.4. The summed E-state index contributed by atoms with van der Waals surface area (Å²) < 4.78 is 17.4. The Labute approximate surface area is 99.2 Å². The maximum Gasteiger partial charge on any atom is 0.320 e. The summed E-state index contributed by atoms with van der Waals surface area (Å²) in [6.45, 7) is -0.481. The van der Waals surface area contributed by atoms with Gasteiger partial charge in [-0.2, -0.15) is 0 Å². The van der Waals surface area contributed by atoms with Gasteiger partial charge < -0.3 is 15.6 Å². The molecule has 0 heterocycles. The zero-order chi connectivity index (χ0) is 12.8. The molecule has 0 aliphatic rings. The summed E-state index contributed by atoms with van der Waals surface area (Å²) >= 11 is 0. The lowest BCUT2D eigenvalue weighted by molar-refractivity contribution is -0.138. The van der Waals surface area contributed by atoms with Gasteiger partial charge in [0, 0.05) is 6.42 Å². The topological polar surface area (TPSA) is 72.5 Å². The highest BCUT2D eigenvalue weighted by Crippen LogP contribution is 2.21. The number of carboxylic acids is 1. The zero-order valence-corrected chi connectivity index (χ0v) is 9.65. The molecule has 0 spiro atoms. The van der Waals surface area contributed by atoms with Gasteiger partial charge in [0.15, 0.2) is 0 Å². The third kappa shape index (κ3) is 3.71. The molecule has 17 heavy (non-hydrogen) atoms. The molecule has 0 saturated heterocycles. The smallest absolute Gasteiger partial charge is 0.320 e. The van der Waals surface area contributed by atoms with E-state index in [2.05, 4.69) is 0 Å². The van der Waals surface area contributed by atoms with E-state index in [0.29, 0.717) is 5.75 Å². The Balaban J connectivity index is 2.87. The van der Waals surface area contributed by atoms with E-state index in [4.69, 9.17) is 15.6 Å². The van der Waals surface area contributed by atoms with Crippen LogP contribution in [0.15, 0.2) is 18.2 Å². The highest BCUT2D eigenvalue weighted by molar-refractivity contribution is 5.73. The Morgan fingerprint density at radius 3 is 2.82 bits per heavy atom. The number of rotatable bonds is 6. The first-order chi connectivity index (χ1) is 8.08. The average Bonchev–Trinajstić information content (AvgIpc) is 2.29. The van der Waals surface area contributed by atoms with Crippen LogP contribution in [0.1, 0.15) is 11.1 Å². The summed E-state index contributed by atoms with van der Waals surface area (Å²) in [7, 11) is 1.51. The van der Waals surface area contributed by atoms with Crippen molar-refractivity contribution in [3.8, 4) is 5.75 Å². The average molecular weight is 241 g/mol. The van der Waals surface area contributed by atoms with Crippen LogP contribution in [0, 0.1) is 0 Å². The van der Waals surface area contributed by atoms with Gasteiger partial charge in [0.05, 0.1) is 13.8 Å². The Morgan fingerprint density at radius 1 is 1.59 bits per heavy atom. The molecule has 4 nitrogen and oxygen atoms in total. The third-order valence-corrected chi connectivity index (χ3v) is 2.48. The molecule has 0 fully saturated rings. The number of hydrogen-bond acceptors (Lipinski definition) is 3. The molecule has 1 unspecified atom stereocenters. The second-order valence-corrected chi connectivity index (χ2v) is 3.73. The number of halogens is 1. The van der Waals surface area contributed by atoms with Crippen LogP contribution in [-0.2, 0) is 17.6 Å². The minimum atomic E-state index is -1.05. The summed E-state index contributed by atoms with van der Waals surface area (Å²) in [6, 6.07) is 4.24. The number of ether oxygens (including phenoxy) is 1. The minimum absolute atomic E-state index is 0.221. The van der Waals surface area contributed by atoms with Crippen LogP contribution < -0.4 is 10.5 Å². The van der Waals surface area contributed by atoms with Crippen molar-refractivity contribution in [3.05, 3.63) is 29.3 Å². The fourth-order valence-corrected chi connectivity index (χ4v) is 1.60. The molecule has 0 radical (unpaired) electrons. The molecule has 0 aliphatic carbocycles. The van der Waals surface area contributed by atoms with Gasteiger partial charge in [0.2, 0.25) is 0 Å². The number of carboxylic acid groups (broad SMARTS) is 1. The molecule has 1 atom stereocenters. The van der Waals surface area contributed by atoms with E-state index < -0.39 is 18.7 Å². The Hall–Kier alpha value is -1.62. The van der Waals surface area contributed by atoms with Gasteiger partial charge in [-0.3, -0.25) is 9.18 Å². The monoisotopic (exact) mass is 241 g/mol. The van der Waals surface area contributed by atoms with Crippen molar-refractivity contribution in [1.82, 2.24) is 0 Å². The predicted octanol–water partition coefficient (Wildman–Crippen LogP) is 1.16. The second-order valence-electron chi connectivity index (χ2n) is 3.73. The van der Waals surface area contributed by atoms with E-state index in [9.17, 15) is 9.18 Å². The third-order valence-electron chi connectivity index (χ3n) is 2.48. The standard InChI is InChI=1S/C12H16FNO3/c1-17-11-3-2-8(6-9(11)4-5-13)7-10(14)12(15)16/h2-3,6,10H,4-5,7,14H2,1H3,(H,15,16). The number of carbonyl (C=O) groups is 1. The lowest BCUT2D eigenvalue weighted by atomic mass is 10.0. The van der Waals surface area contributed by atoms with Gasteiger partial charge in [0.1, 0.15) is 11.8 Å². The molecule has 0 saturated carbocycles. The number of aryl methyl sites for hydroxylation is 1. The van der Waals surface area contributed by atoms with Crippen molar-refractivity contribution in [1.29, 1.82) is 0 Å². The molecular weight excluding hydrogens is 225 g/mol. The maximum atomic E-state index is 12.3. The summed E-state index contributed by atoms with van der Waals surface area (Å²) in [4.78, 5) is 10.6. The predicted molar refractivity (Wildman–Crippen MR) is 62.0 cm³/mol. The number of hydrogen-bond donors (Lipinski definition) is 2. The van der Waals surface area contributed by atoms with Crippen LogP contribution in [0.2, 0.25) is 0 Å². The summed E-state index contributed by atoms with van der Waals surface area (Å²) in [5, 5.41) is 8.71. The van der Waals surface area contributed by atoms with Crippen LogP contribution in [0.3, 0.4) is 0 Å². The summed E-state index contributed by atoms with van der Waals surface area (Å²) in [5.41, 5.74) is 6.93. The van der Waals surface area contributed by atoms with E-state index >= 15 is 0 Å². The van der Waals surface area contributed by atoms with Crippen molar-refractivity contribution >= 4 is 5.97 Å². The maximum absolute atomic E-state index is 12.3. The molecule has 0 aromatic heterocycles. The SMILES string of the molecule is COc1ccc(CC(N)C(=O)O)cc1CCF. The molecule has 1 aromatic rings. The number of methoxy groups -OCH3 is 1. The molecule has 0 amide bonds. The van der Waals surface area contributed by atoms with Gasteiger partial charge in [-0.25, -0.2) is 0 Å². The highest BCUT2D eigenvalue weighted by atomic mass is 19.1. The molecule has 5 heteroatoms. The first-order valence-corrected chi connectivity index (χ1v) is 5.28. The Bertz CT molecular complexity index is 395. The van der Waals surface area contributed by atoms with E-state index in [1.807, 2.05) is 0 Å². The van der Waals surface area contributed by atoms with E-state index in [-0.39, 0.29) is 12.8 Å². The van der Waals surface area contributed by atoms with E-state index in [0.717, 1.165) is 11.1 Å². The lowest BCUT2D eigenvalue weighted by Gasteiger charge is -2.11. The van der Waals surface area contributed by atoms with Gasteiger partial charge in [0.25, 0.3) is 0 Å². The summed E-state index contributed by atoms with van der Waals surface area (Å²) in [5.74, 6) is -0.442. The van der Waals surface area contributed by atoms with Gasteiger partial charge in [-0.05, 0) is 23.6 Å². The van der Waals surface area contributed by atoms with Crippen molar-refractivity contribution in [2.24, 2.45) is 5.73 Å². The largest absolute Gasteiger partial charge is 0.496 e. The van der Waals surface area contributed by atoms with Crippen molar-refractivity contribution in [3.63, 3.8) is 0 Å². The molecule has 94 valence electrons. The Morgan fingerprint density at radius 2 is 2.29 bits per heavy atom. The molecule has 1 aromatic carbocycles. The van der Waals surface area contributed by atoms with E-state index in [1.54, 1.807) is 18.2 Å². The number of aliphatic carboxylic acids is 1. The number of benzene rings is 1. The van der Waals surface area contributed by atoms with Crippen LogP contribution >= 0.6 is 0 Å². The van der Waals surface area contributed by atoms with Crippen molar-refractivity contribution in [2.45, 2.75) is 18.9 Å². The quantitative estimate of drug-likeness (QED) is 0.784. The lowest BCUT2D eigenvalue weighted by Crippen LogP contribution is -2.32. The highest BCUT2D eigenvalue weighted by Gasteiger charge is 2.13. The summed E-state index contributed by atoms with van der Waals surface area (Å²) in [6.07, 6.45) is 0.470. The van der Waals surface area contributed by atoms with Crippen LogP contribution in [0.25, 0.3) is 0 Å².